The van der Waals surface area contributed by atoms with Gasteiger partial charge >= 0.3 is 11.3 Å². The first-order chi connectivity index (χ1) is 20.9. The summed E-state index contributed by atoms with van der Waals surface area (Å²) in [4.78, 5) is 4.58. The third kappa shape index (κ3) is 1.82. The Balaban J connectivity index is 1.48. The van der Waals surface area contributed by atoms with Gasteiger partial charge in [-0.05, 0) is 54.6 Å². The molecule has 0 bridgehead atoms. The number of hydrogen-bond acceptors (Lipinski definition) is 2. The Hall–Kier alpha value is -5.75. The molecule has 6 heteroatoms. The molecule has 3 aliphatic heterocycles. The van der Waals surface area contributed by atoms with Crippen molar-refractivity contribution in [2.45, 2.75) is 5.66 Å². The van der Waals surface area contributed by atoms with Gasteiger partial charge in [0.05, 0.1) is 11.6 Å². The summed E-state index contributed by atoms with van der Waals surface area (Å²) in [6.07, 6.45) is 6.16. The van der Waals surface area contributed by atoms with Crippen molar-refractivity contribution >= 4 is 60.2 Å². The van der Waals surface area contributed by atoms with Crippen molar-refractivity contribution in [3.05, 3.63) is 127 Å². The molecule has 8 heterocycles. The van der Waals surface area contributed by atoms with Crippen LogP contribution < -0.4 is 13.9 Å². The van der Waals surface area contributed by atoms with E-state index in [1.54, 1.807) is 0 Å². The van der Waals surface area contributed by atoms with E-state index < -0.39 is 5.66 Å². The second-order valence-corrected chi connectivity index (χ2v) is 11.6. The summed E-state index contributed by atoms with van der Waals surface area (Å²) in [6, 6.07) is 35.1. The average molecular weight is 538 g/mol. The Labute approximate surface area is 237 Å². The van der Waals surface area contributed by atoms with Crippen LogP contribution in [0, 0.1) is 0 Å². The minimum Gasteiger partial charge on any atom is -0.456 e. The van der Waals surface area contributed by atoms with Crippen molar-refractivity contribution < 1.29 is 13.9 Å². The molecule has 5 aromatic heterocycles. The van der Waals surface area contributed by atoms with Crippen molar-refractivity contribution in [1.82, 2.24) is 14.0 Å². The highest BCUT2D eigenvalue weighted by Gasteiger charge is 2.65. The third-order valence-electron chi connectivity index (χ3n) is 9.96. The smallest absolute Gasteiger partial charge is 0.319 e. The number of ether oxygens (including phenoxy) is 1. The first-order valence-electron chi connectivity index (χ1n) is 14.3. The molecule has 3 aliphatic rings. The van der Waals surface area contributed by atoms with Crippen LogP contribution in [0.4, 0.5) is 0 Å². The van der Waals surface area contributed by atoms with Gasteiger partial charge in [0.25, 0.3) is 5.82 Å². The Bertz CT molecular complexity index is 2790. The summed E-state index contributed by atoms with van der Waals surface area (Å²) in [5.74, 6) is 2.93. The predicted octanol–water partition coefficient (Wildman–Crippen LogP) is 6.50. The number of para-hydroxylation sites is 3. The van der Waals surface area contributed by atoms with E-state index >= 15 is 0 Å². The van der Waals surface area contributed by atoms with Crippen LogP contribution in [0.15, 0.2) is 116 Å². The summed E-state index contributed by atoms with van der Waals surface area (Å²) in [6.45, 7) is 0. The van der Waals surface area contributed by atoms with Crippen molar-refractivity contribution in [3.63, 3.8) is 0 Å². The average Bonchev–Trinajstić information content (AvgIpc) is 3.68. The van der Waals surface area contributed by atoms with Crippen molar-refractivity contribution in [1.29, 1.82) is 0 Å². The van der Waals surface area contributed by atoms with Crippen LogP contribution in [-0.4, -0.2) is 14.0 Å². The van der Waals surface area contributed by atoms with Crippen LogP contribution in [0.3, 0.4) is 0 Å². The molecule has 42 heavy (non-hydrogen) atoms. The van der Waals surface area contributed by atoms with E-state index in [4.69, 9.17) is 4.74 Å². The molecule has 4 aromatic carbocycles. The maximum absolute atomic E-state index is 6.90. The molecule has 0 saturated heterocycles. The molecular formula is C36H19N5O+2. The van der Waals surface area contributed by atoms with Crippen LogP contribution in [0.25, 0.3) is 66.0 Å². The summed E-state index contributed by atoms with van der Waals surface area (Å²) >= 11 is 0. The maximum Gasteiger partial charge on any atom is 0.319 e. The van der Waals surface area contributed by atoms with Gasteiger partial charge in [0, 0.05) is 46.1 Å². The fourth-order valence-corrected chi connectivity index (χ4v) is 8.63. The number of fused-ring (bicyclic) bond motifs is 11. The minimum absolute atomic E-state index is 0.690. The SMILES string of the molecule is c1cc[n+]2c(c1)-n1c3ccccc3c3ccc4c(c31)C21c2c(ccc3c5cnccc5n5c6ccccc6[n+]1c5c23)O4. The van der Waals surface area contributed by atoms with Crippen LogP contribution >= 0.6 is 0 Å². The van der Waals surface area contributed by atoms with E-state index in [1.165, 1.54) is 60.4 Å². The number of rotatable bonds is 0. The second kappa shape index (κ2) is 6.26. The van der Waals surface area contributed by atoms with Crippen molar-refractivity contribution in [3.8, 4) is 17.3 Å². The number of benzene rings is 4. The summed E-state index contributed by atoms with van der Waals surface area (Å²) in [5, 5.41) is 6.04. The van der Waals surface area contributed by atoms with E-state index in [0.717, 1.165) is 28.2 Å². The summed E-state index contributed by atoms with van der Waals surface area (Å²) in [5.41, 5.74) is 8.79. The Morgan fingerprint density at radius 2 is 1.48 bits per heavy atom. The van der Waals surface area contributed by atoms with Gasteiger partial charge in [-0.1, -0.05) is 30.3 Å². The highest BCUT2D eigenvalue weighted by Crippen LogP contribution is 2.57. The van der Waals surface area contributed by atoms with Crippen LogP contribution in [0.5, 0.6) is 11.5 Å². The first-order valence-corrected chi connectivity index (χ1v) is 14.3. The monoisotopic (exact) mass is 537 g/mol. The largest absolute Gasteiger partial charge is 0.456 e. The van der Waals surface area contributed by atoms with E-state index in [9.17, 15) is 0 Å². The zero-order valence-electron chi connectivity index (χ0n) is 22.1. The molecule has 1 spiro atoms. The van der Waals surface area contributed by atoms with Gasteiger partial charge in [-0.15, -0.1) is 0 Å². The highest BCUT2D eigenvalue weighted by molar-refractivity contribution is 6.17. The summed E-state index contributed by atoms with van der Waals surface area (Å²) < 4.78 is 16.8. The first kappa shape index (κ1) is 20.2. The molecule has 0 radical (unpaired) electrons. The molecular weight excluding hydrogens is 518 g/mol. The summed E-state index contributed by atoms with van der Waals surface area (Å²) in [7, 11) is 0. The Kier molecular flexibility index (Phi) is 3.01. The van der Waals surface area contributed by atoms with Crippen molar-refractivity contribution in [2.24, 2.45) is 0 Å². The molecule has 12 rings (SSSR count). The van der Waals surface area contributed by atoms with E-state index in [0.29, 0.717) is 0 Å². The molecule has 192 valence electrons. The predicted molar refractivity (Wildman–Crippen MR) is 161 cm³/mol. The fourth-order valence-electron chi connectivity index (χ4n) is 8.63. The quantitative estimate of drug-likeness (QED) is 0.164. The van der Waals surface area contributed by atoms with Gasteiger partial charge in [-0.2, -0.15) is 18.1 Å². The normalized spacial score (nSPS) is 17.3. The molecule has 9 aromatic rings. The highest BCUT2D eigenvalue weighted by atomic mass is 16.5. The maximum atomic E-state index is 6.90. The van der Waals surface area contributed by atoms with Gasteiger partial charge in [0.15, 0.2) is 16.6 Å². The van der Waals surface area contributed by atoms with Gasteiger partial charge in [0.2, 0.25) is 0 Å². The molecule has 0 saturated carbocycles. The Morgan fingerprint density at radius 3 is 2.43 bits per heavy atom. The molecule has 0 amide bonds. The van der Waals surface area contributed by atoms with Gasteiger partial charge in [-0.25, -0.2) is 0 Å². The van der Waals surface area contributed by atoms with Gasteiger partial charge in [0.1, 0.15) is 33.7 Å². The Morgan fingerprint density at radius 1 is 0.667 bits per heavy atom. The zero-order valence-corrected chi connectivity index (χ0v) is 22.1. The molecule has 6 nitrogen and oxygen atoms in total. The number of pyridine rings is 3. The number of hydrogen-bond donors (Lipinski definition) is 0. The second-order valence-electron chi connectivity index (χ2n) is 11.6. The van der Waals surface area contributed by atoms with Crippen LogP contribution in [-0.2, 0) is 5.66 Å². The zero-order chi connectivity index (χ0) is 26.9. The van der Waals surface area contributed by atoms with Crippen LogP contribution in [0.2, 0.25) is 0 Å². The number of imidazole rings is 1. The van der Waals surface area contributed by atoms with Gasteiger partial charge in [-0.3, -0.25) is 4.98 Å². The molecule has 0 aliphatic carbocycles. The van der Waals surface area contributed by atoms with Gasteiger partial charge < -0.3 is 4.74 Å². The third-order valence-corrected chi connectivity index (χ3v) is 9.96. The molecule has 1 atom stereocenters. The van der Waals surface area contributed by atoms with E-state index in [-0.39, 0.29) is 0 Å². The lowest BCUT2D eigenvalue weighted by atomic mass is 9.83. The van der Waals surface area contributed by atoms with Crippen molar-refractivity contribution in [2.75, 3.05) is 0 Å². The van der Waals surface area contributed by atoms with Crippen LogP contribution in [0.1, 0.15) is 11.1 Å². The topological polar surface area (TPSA) is 39.2 Å². The molecule has 0 N–H and O–H groups in total. The fraction of sp³-hybridized carbons (Fsp3) is 0.0278. The lowest BCUT2D eigenvalue weighted by molar-refractivity contribution is -0.946. The molecule has 0 fully saturated rings. The minimum atomic E-state index is -0.690. The number of nitrogens with zero attached hydrogens (tertiary/aromatic N) is 5. The lowest BCUT2D eigenvalue weighted by Gasteiger charge is -2.36. The number of aromatic nitrogens is 5. The standard InChI is InChI=1S/C36H19N5O/c1-2-8-24-20(7-1)22-13-15-29-33-34(22)40(24)30-11-5-6-18-38(30)36(33)32-28(42-29)14-12-21-23-19-37-17-16-25(23)39-26-9-3-4-10-27(26)41(36)35(39)31(21)32/h1-19H/q+2. The van der Waals surface area contributed by atoms with E-state index in [1.807, 2.05) is 12.4 Å². The van der Waals surface area contributed by atoms with E-state index in [2.05, 4.69) is 126 Å². The molecule has 1 unspecified atom stereocenters. The lowest BCUT2D eigenvalue weighted by Crippen LogP contribution is -2.75.